The van der Waals surface area contributed by atoms with E-state index in [4.69, 9.17) is 4.74 Å². The summed E-state index contributed by atoms with van der Waals surface area (Å²) in [5.74, 6) is -1.86. The van der Waals surface area contributed by atoms with Crippen molar-refractivity contribution in [3.8, 4) is 16.9 Å². The van der Waals surface area contributed by atoms with Gasteiger partial charge in [-0.3, -0.25) is 4.79 Å². The number of nitrogens with one attached hydrogen (secondary N) is 2. The van der Waals surface area contributed by atoms with Crippen LogP contribution >= 0.6 is 0 Å². The highest BCUT2D eigenvalue weighted by molar-refractivity contribution is 5.99. The first kappa shape index (κ1) is 26.7. The van der Waals surface area contributed by atoms with Crippen molar-refractivity contribution in [3.63, 3.8) is 0 Å². The number of hydrogen-bond acceptors (Lipinski definition) is 4. The summed E-state index contributed by atoms with van der Waals surface area (Å²) in [5, 5.41) is 14.9. The van der Waals surface area contributed by atoms with Crippen molar-refractivity contribution < 1.29 is 28.6 Å². The molecule has 9 heteroatoms. The third kappa shape index (κ3) is 5.77. The molecule has 0 unspecified atom stereocenters. The van der Waals surface area contributed by atoms with Crippen LogP contribution in [0.4, 0.5) is 20.6 Å². The Morgan fingerprint density at radius 2 is 1.63 bits per heavy atom. The minimum Gasteiger partial charge on any atom is -0.496 e. The van der Waals surface area contributed by atoms with Crippen LogP contribution in [0.15, 0.2) is 60.7 Å². The van der Waals surface area contributed by atoms with Gasteiger partial charge >= 0.3 is 12.0 Å². The maximum Gasteiger partial charge on any atom is 0.339 e. The molecule has 3 aromatic carbocycles. The number of carbonyl (C=O) groups excluding carboxylic acids is 2. The number of carbonyl (C=O) groups is 3. The Labute approximate surface area is 220 Å². The fourth-order valence-corrected chi connectivity index (χ4v) is 4.50. The van der Waals surface area contributed by atoms with E-state index in [1.54, 1.807) is 24.3 Å². The minimum absolute atomic E-state index is 0.0433. The molecular weight excluding hydrogens is 489 g/mol. The number of anilines is 2. The third-order valence-corrected chi connectivity index (χ3v) is 6.63. The number of benzene rings is 3. The summed E-state index contributed by atoms with van der Waals surface area (Å²) in [6, 6.07) is 15.4. The number of rotatable bonds is 7. The molecule has 198 valence electrons. The largest absolute Gasteiger partial charge is 0.496 e. The number of hydrogen-bond donors (Lipinski definition) is 3. The fraction of sp³-hybridized carbons (Fsp3) is 0.276. The summed E-state index contributed by atoms with van der Waals surface area (Å²) >= 11 is 0. The van der Waals surface area contributed by atoms with Crippen molar-refractivity contribution in [1.82, 2.24) is 4.90 Å². The number of methoxy groups -OCH3 is 1. The molecule has 3 N–H and O–H groups in total. The quantitative estimate of drug-likeness (QED) is 0.357. The summed E-state index contributed by atoms with van der Waals surface area (Å²) in [5.41, 5.74) is 2.72. The number of halogens is 1. The molecule has 0 aliphatic carbocycles. The normalized spacial score (nSPS) is 14.9. The molecule has 0 radical (unpaired) electrons. The Kier molecular flexibility index (Phi) is 7.95. The van der Waals surface area contributed by atoms with Crippen LogP contribution < -0.4 is 15.4 Å². The molecule has 1 fully saturated rings. The standard InChI is InChI=1S/C29H30FN3O5/c1-17(2)18-6-10-21(11-7-18)32-29(37)33-14-4-5-25(33)27(34)31-20-12-8-19(9-13-20)22-16-26(38-3)23(28(35)36)15-24(22)30/h6-13,15-17,25H,4-5,14H2,1-3H3,(H,31,34)(H,32,37)(H,35,36)/t25-/m1/s1. The van der Waals surface area contributed by atoms with Crippen LogP contribution in [0.2, 0.25) is 0 Å². The second kappa shape index (κ2) is 11.3. The summed E-state index contributed by atoms with van der Waals surface area (Å²) in [4.78, 5) is 38.8. The van der Waals surface area contributed by atoms with Gasteiger partial charge in [-0.15, -0.1) is 0 Å². The molecular formula is C29H30FN3O5. The predicted molar refractivity (Wildman–Crippen MR) is 143 cm³/mol. The first-order valence-electron chi connectivity index (χ1n) is 12.4. The number of aromatic carboxylic acids is 1. The van der Waals surface area contributed by atoms with Gasteiger partial charge in [0.25, 0.3) is 0 Å². The van der Waals surface area contributed by atoms with Crippen molar-refractivity contribution in [2.45, 2.75) is 38.6 Å². The lowest BCUT2D eigenvalue weighted by atomic mass is 10.0. The summed E-state index contributed by atoms with van der Waals surface area (Å²) in [6.07, 6.45) is 1.26. The third-order valence-electron chi connectivity index (χ3n) is 6.63. The van der Waals surface area contributed by atoms with Gasteiger partial charge < -0.3 is 25.4 Å². The van der Waals surface area contributed by atoms with Gasteiger partial charge in [-0.25, -0.2) is 14.0 Å². The highest BCUT2D eigenvalue weighted by Crippen LogP contribution is 2.31. The topological polar surface area (TPSA) is 108 Å². The number of carboxylic acid groups (broad SMARTS) is 1. The number of carboxylic acids is 1. The van der Waals surface area contributed by atoms with Gasteiger partial charge in [0.2, 0.25) is 5.91 Å². The van der Waals surface area contributed by atoms with Crippen LogP contribution in [0.25, 0.3) is 11.1 Å². The molecule has 4 rings (SSSR count). The second-order valence-electron chi connectivity index (χ2n) is 9.46. The van der Waals surface area contributed by atoms with Crippen molar-refractivity contribution in [2.75, 3.05) is 24.3 Å². The second-order valence-corrected chi connectivity index (χ2v) is 9.46. The van der Waals surface area contributed by atoms with Crippen LogP contribution in [-0.4, -0.2) is 47.6 Å². The van der Waals surface area contributed by atoms with E-state index in [-0.39, 0.29) is 28.8 Å². The Bertz CT molecular complexity index is 1340. The van der Waals surface area contributed by atoms with Crippen molar-refractivity contribution in [1.29, 1.82) is 0 Å². The average molecular weight is 520 g/mol. The lowest BCUT2D eigenvalue weighted by molar-refractivity contribution is -0.119. The van der Waals surface area contributed by atoms with Crippen LogP contribution in [0, 0.1) is 5.82 Å². The molecule has 38 heavy (non-hydrogen) atoms. The SMILES string of the molecule is COc1cc(-c2ccc(NC(=O)[C@H]3CCCN3C(=O)Nc3ccc(C(C)C)cc3)cc2)c(F)cc1C(=O)O. The molecule has 0 aromatic heterocycles. The van der Waals surface area contributed by atoms with Gasteiger partial charge in [0.15, 0.2) is 0 Å². The van der Waals surface area contributed by atoms with E-state index in [0.29, 0.717) is 42.2 Å². The molecule has 0 spiro atoms. The zero-order chi connectivity index (χ0) is 27.4. The molecule has 3 amide bonds. The highest BCUT2D eigenvalue weighted by Gasteiger charge is 2.34. The molecule has 1 aliphatic heterocycles. The smallest absolute Gasteiger partial charge is 0.339 e. The number of ether oxygens (including phenoxy) is 1. The summed E-state index contributed by atoms with van der Waals surface area (Å²) in [7, 11) is 1.32. The zero-order valence-electron chi connectivity index (χ0n) is 21.5. The predicted octanol–water partition coefficient (Wildman–Crippen LogP) is 5.96. The highest BCUT2D eigenvalue weighted by atomic mass is 19.1. The van der Waals surface area contributed by atoms with Crippen LogP contribution in [0.5, 0.6) is 5.75 Å². The maximum atomic E-state index is 14.6. The fourth-order valence-electron chi connectivity index (χ4n) is 4.50. The first-order chi connectivity index (χ1) is 18.2. The molecule has 1 heterocycles. The van der Waals surface area contributed by atoms with E-state index in [9.17, 15) is 23.9 Å². The van der Waals surface area contributed by atoms with E-state index in [1.807, 2.05) is 24.3 Å². The molecule has 3 aromatic rings. The number of amides is 3. The van der Waals surface area contributed by atoms with Gasteiger partial charge in [-0.2, -0.15) is 0 Å². The Morgan fingerprint density at radius 1 is 1.00 bits per heavy atom. The lowest BCUT2D eigenvalue weighted by Gasteiger charge is -2.24. The summed E-state index contributed by atoms with van der Waals surface area (Å²) in [6.45, 7) is 4.67. The lowest BCUT2D eigenvalue weighted by Crippen LogP contribution is -2.45. The van der Waals surface area contributed by atoms with E-state index < -0.39 is 17.8 Å². The molecule has 1 aliphatic rings. The average Bonchev–Trinajstić information content (AvgIpc) is 3.40. The molecule has 1 saturated heterocycles. The first-order valence-corrected chi connectivity index (χ1v) is 12.4. The number of nitrogens with zero attached hydrogens (tertiary/aromatic N) is 1. The summed E-state index contributed by atoms with van der Waals surface area (Å²) < 4.78 is 19.7. The van der Waals surface area contributed by atoms with Crippen LogP contribution in [0.1, 0.15) is 48.5 Å². The zero-order valence-corrected chi connectivity index (χ0v) is 21.5. The molecule has 0 bridgehead atoms. The molecule has 8 nitrogen and oxygen atoms in total. The number of likely N-dealkylation sites (tertiary alicyclic amines) is 1. The molecule has 1 atom stereocenters. The molecule has 0 saturated carbocycles. The Morgan fingerprint density at radius 3 is 2.24 bits per heavy atom. The van der Waals surface area contributed by atoms with Crippen molar-refractivity contribution in [2.24, 2.45) is 0 Å². The van der Waals surface area contributed by atoms with E-state index in [2.05, 4.69) is 24.5 Å². The van der Waals surface area contributed by atoms with E-state index in [0.717, 1.165) is 6.07 Å². The Hall–Kier alpha value is -4.40. The van der Waals surface area contributed by atoms with Crippen LogP contribution in [-0.2, 0) is 4.79 Å². The number of urea groups is 1. The van der Waals surface area contributed by atoms with Gasteiger partial charge in [-0.05, 0) is 66.3 Å². The van der Waals surface area contributed by atoms with E-state index >= 15 is 0 Å². The monoisotopic (exact) mass is 519 g/mol. The van der Waals surface area contributed by atoms with Crippen molar-refractivity contribution >= 4 is 29.3 Å². The van der Waals surface area contributed by atoms with Gasteiger partial charge in [0, 0.05) is 23.5 Å². The van der Waals surface area contributed by atoms with Gasteiger partial charge in [0.05, 0.1) is 7.11 Å². The minimum atomic E-state index is -1.29. The Balaban J connectivity index is 1.43. The van der Waals surface area contributed by atoms with E-state index in [1.165, 1.54) is 23.6 Å². The van der Waals surface area contributed by atoms with Crippen LogP contribution in [0.3, 0.4) is 0 Å². The van der Waals surface area contributed by atoms with Gasteiger partial charge in [-0.1, -0.05) is 38.1 Å². The van der Waals surface area contributed by atoms with Crippen molar-refractivity contribution in [3.05, 3.63) is 77.6 Å². The van der Waals surface area contributed by atoms with Gasteiger partial charge in [0.1, 0.15) is 23.2 Å². The maximum absolute atomic E-state index is 14.6.